The number of hydrazone groups is 1. The molecule has 0 unspecified atom stereocenters. The first-order valence-corrected chi connectivity index (χ1v) is 6.74. The molecule has 1 aromatic carbocycles. The molecule has 120 valence electrons. The zero-order valence-corrected chi connectivity index (χ0v) is 13.1. The molecule has 1 amide bonds. The minimum atomic E-state index is -0.394. The standard InChI is InChI=1S/C16H17N3O4/c1-21-13-8-11(9-14(22-2)15(13)23-3)10-18-19-16(20)12-6-4-5-7-17-12/h4-10H,1-3H3,(H,19,20). The lowest BCUT2D eigenvalue weighted by Crippen LogP contribution is -2.18. The van der Waals surface area contributed by atoms with Crippen LogP contribution in [0.5, 0.6) is 17.2 Å². The fraction of sp³-hybridized carbons (Fsp3) is 0.188. The second-order valence-corrected chi connectivity index (χ2v) is 4.37. The summed E-state index contributed by atoms with van der Waals surface area (Å²) in [4.78, 5) is 15.8. The maximum Gasteiger partial charge on any atom is 0.289 e. The molecule has 0 aliphatic carbocycles. The number of benzene rings is 1. The van der Waals surface area contributed by atoms with Gasteiger partial charge in [0.1, 0.15) is 5.69 Å². The van der Waals surface area contributed by atoms with Gasteiger partial charge >= 0.3 is 0 Å². The zero-order chi connectivity index (χ0) is 16.7. The van der Waals surface area contributed by atoms with Crippen molar-refractivity contribution in [1.29, 1.82) is 0 Å². The van der Waals surface area contributed by atoms with Crippen LogP contribution in [0.4, 0.5) is 0 Å². The lowest BCUT2D eigenvalue weighted by Gasteiger charge is -2.12. The van der Waals surface area contributed by atoms with Crippen molar-refractivity contribution in [3.8, 4) is 17.2 Å². The summed E-state index contributed by atoms with van der Waals surface area (Å²) >= 11 is 0. The maximum absolute atomic E-state index is 11.8. The van der Waals surface area contributed by atoms with Crippen LogP contribution in [-0.2, 0) is 0 Å². The monoisotopic (exact) mass is 315 g/mol. The van der Waals surface area contributed by atoms with Crippen LogP contribution >= 0.6 is 0 Å². The lowest BCUT2D eigenvalue weighted by atomic mass is 10.2. The van der Waals surface area contributed by atoms with Crippen LogP contribution in [-0.4, -0.2) is 38.4 Å². The van der Waals surface area contributed by atoms with Gasteiger partial charge < -0.3 is 14.2 Å². The van der Waals surface area contributed by atoms with E-state index in [9.17, 15) is 4.79 Å². The van der Waals surface area contributed by atoms with Gasteiger partial charge in [-0.3, -0.25) is 9.78 Å². The van der Waals surface area contributed by atoms with Crippen molar-refractivity contribution < 1.29 is 19.0 Å². The van der Waals surface area contributed by atoms with Crippen molar-refractivity contribution in [3.05, 3.63) is 47.8 Å². The van der Waals surface area contributed by atoms with Crippen molar-refractivity contribution in [3.63, 3.8) is 0 Å². The molecule has 0 aliphatic rings. The molecule has 7 nitrogen and oxygen atoms in total. The van der Waals surface area contributed by atoms with E-state index in [-0.39, 0.29) is 5.69 Å². The third kappa shape index (κ3) is 3.97. The SMILES string of the molecule is COc1cc(C=NNC(=O)c2ccccn2)cc(OC)c1OC. The average molecular weight is 315 g/mol. The van der Waals surface area contributed by atoms with Gasteiger partial charge in [-0.1, -0.05) is 6.07 Å². The topological polar surface area (TPSA) is 82.0 Å². The summed E-state index contributed by atoms with van der Waals surface area (Å²) in [6.07, 6.45) is 3.02. The number of aromatic nitrogens is 1. The molecule has 1 aromatic heterocycles. The number of methoxy groups -OCH3 is 3. The van der Waals surface area contributed by atoms with E-state index in [0.29, 0.717) is 22.8 Å². The number of carbonyl (C=O) groups excluding carboxylic acids is 1. The van der Waals surface area contributed by atoms with Crippen molar-refractivity contribution in [2.45, 2.75) is 0 Å². The summed E-state index contributed by atoms with van der Waals surface area (Å²) in [5, 5.41) is 3.91. The number of nitrogens with one attached hydrogen (secondary N) is 1. The molecule has 2 aromatic rings. The van der Waals surface area contributed by atoms with E-state index < -0.39 is 5.91 Å². The molecule has 23 heavy (non-hydrogen) atoms. The molecule has 0 radical (unpaired) electrons. The molecule has 0 atom stereocenters. The number of ether oxygens (including phenoxy) is 3. The number of pyridine rings is 1. The third-order valence-corrected chi connectivity index (χ3v) is 2.96. The summed E-state index contributed by atoms with van der Waals surface area (Å²) in [5.74, 6) is 1.10. The summed E-state index contributed by atoms with van der Waals surface area (Å²) in [6, 6.07) is 8.50. The Labute approximate surface area is 133 Å². The first kappa shape index (κ1) is 16.3. The van der Waals surface area contributed by atoms with Gasteiger partial charge in [0.15, 0.2) is 11.5 Å². The normalized spacial score (nSPS) is 10.4. The Bertz CT molecular complexity index is 677. The molecule has 1 heterocycles. The molecule has 0 bridgehead atoms. The molecule has 2 rings (SSSR count). The van der Waals surface area contributed by atoms with Crippen molar-refractivity contribution >= 4 is 12.1 Å². The van der Waals surface area contributed by atoms with Gasteiger partial charge in [0.05, 0.1) is 27.5 Å². The van der Waals surface area contributed by atoms with Crippen LogP contribution in [0, 0.1) is 0 Å². The Morgan fingerprint density at radius 3 is 2.35 bits per heavy atom. The highest BCUT2D eigenvalue weighted by atomic mass is 16.5. The number of hydrogen-bond acceptors (Lipinski definition) is 6. The highest BCUT2D eigenvalue weighted by Crippen LogP contribution is 2.37. The predicted octanol–water partition coefficient (Wildman–Crippen LogP) is 1.87. The maximum atomic E-state index is 11.8. The van der Waals surface area contributed by atoms with Gasteiger partial charge in [-0.05, 0) is 24.3 Å². The van der Waals surface area contributed by atoms with E-state index in [4.69, 9.17) is 14.2 Å². The second-order valence-electron chi connectivity index (χ2n) is 4.37. The molecular formula is C16H17N3O4. The molecule has 0 spiro atoms. The Kier molecular flexibility index (Phi) is 5.51. The Morgan fingerprint density at radius 1 is 1.13 bits per heavy atom. The Morgan fingerprint density at radius 2 is 1.83 bits per heavy atom. The lowest BCUT2D eigenvalue weighted by molar-refractivity contribution is 0.0950. The Hall–Kier alpha value is -3.09. The van der Waals surface area contributed by atoms with E-state index >= 15 is 0 Å². The van der Waals surface area contributed by atoms with Gasteiger partial charge in [0.25, 0.3) is 5.91 Å². The summed E-state index contributed by atoms with van der Waals surface area (Å²) in [6.45, 7) is 0. The summed E-state index contributed by atoms with van der Waals surface area (Å²) in [7, 11) is 4.59. The largest absolute Gasteiger partial charge is 0.493 e. The molecule has 0 fully saturated rings. The molecule has 0 saturated heterocycles. The average Bonchev–Trinajstić information content (AvgIpc) is 2.61. The Balaban J connectivity index is 2.15. The second kappa shape index (κ2) is 7.79. The first-order valence-electron chi connectivity index (χ1n) is 6.74. The predicted molar refractivity (Wildman–Crippen MR) is 85.4 cm³/mol. The van der Waals surface area contributed by atoms with Crippen LogP contribution in [0.15, 0.2) is 41.6 Å². The molecular weight excluding hydrogens is 298 g/mol. The van der Waals surface area contributed by atoms with Crippen molar-refractivity contribution in [2.75, 3.05) is 21.3 Å². The van der Waals surface area contributed by atoms with Crippen LogP contribution in [0.1, 0.15) is 16.1 Å². The fourth-order valence-electron chi connectivity index (χ4n) is 1.90. The van der Waals surface area contributed by atoms with E-state index in [0.717, 1.165) is 0 Å². The molecule has 0 aliphatic heterocycles. The van der Waals surface area contributed by atoms with E-state index in [1.807, 2.05) is 0 Å². The van der Waals surface area contributed by atoms with E-state index in [2.05, 4.69) is 15.5 Å². The van der Waals surface area contributed by atoms with Crippen molar-refractivity contribution in [2.24, 2.45) is 5.10 Å². The van der Waals surface area contributed by atoms with E-state index in [1.165, 1.54) is 33.7 Å². The summed E-state index contributed by atoms with van der Waals surface area (Å²) < 4.78 is 15.7. The van der Waals surface area contributed by atoms with Crippen LogP contribution < -0.4 is 19.6 Å². The minimum Gasteiger partial charge on any atom is -0.493 e. The van der Waals surface area contributed by atoms with Gasteiger partial charge in [-0.25, -0.2) is 5.43 Å². The number of hydrogen-bond donors (Lipinski definition) is 1. The molecule has 1 N–H and O–H groups in total. The first-order chi connectivity index (χ1) is 11.2. The number of nitrogens with zero attached hydrogens (tertiary/aromatic N) is 2. The zero-order valence-electron chi connectivity index (χ0n) is 13.1. The van der Waals surface area contributed by atoms with Gasteiger partial charge in [0.2, 0.25) is 5.75 Å². The highest BCUT2D eigenvalue weighted by molar-refractivity contribution is 5.93. The molecule has 0 saturated carbocycles. The van der Waals surface area contributed by atoms with Crippen molar-refractivity contribution in [1.82, 2.24) is 10.4 Å². The molecule has 7 heteroatoms. The summed E-state index contributed by atoms with van der Waals surface area (Å²) in [5.41, 5.74) is 3.37. The number of rotatable bonds is 6. The van der Waals surface area contributed by atoms with Crippen LogP contribution in [0.25, 0.3) is 0 Å². The fourth-order valence-corrected chi connectivity index (χ4v) is 1.90. The number of carbonyl (C=O) groups is 1. The van der Waals surface area contributed by atoms with Gasteiger partial charge in [-0.2, -0.15) is 5.10 Å². The van der Waals surface area contributed by atoms with Gasteiger partial charge in [0, 0.05) is 11.8 Å². The van der Waals surface area contributed by atoms with E-state index in [1.54, 1.807) is 30.3 Å². The van der Waals surface area contributed by atoms with Gasteiger partial charge in [-0.15, -0.1) is 0 Å². The highest BCUT2D eigenvalue weighted by Gasteiger charge is 2.12. The minimum absolute atomic E-state index is 0.287. The number of amides is 1. The van der Waals surface area contributed by atoms with Crippen LogP contribution in [0.3, 0.4) is 0 Å². The smallest absolute Gasteiger partial charge is 0.289 e. The van der Waals surface area contributed by atoms with Crippen LogP contribution in [0.2, 0.25) is 0 Å². The quantitative estimate of drug-likeness (QED) is 0.650. The third-order valence-electron chi connectivity index (χ3n) is 2.96.